The first kappa shape index (κ1) is 14.9. The number of nitrogens with zero attached hydrogens (tertiary/aromatic N) is 5. The van der Waals surface area contributed by atoms with Crippen LogP contribution in [0.2, 0.25) is 0 Å². The topological polar surface area (TPSA) is 105 Å². The van der Waals surface area contributed by atoms with Crippen LogP contribution in [0, 0.1) is 0 Å². The summed E-state index contributed by atoms with van der Waals surface area (Å²) in [6.45, 7) is 0.515. The van der Waals surface area contributed by atoms with E-state index >= 15 is 0 Å². The molecule has 0 aliphatic carbocycles. The van der Waals surface area contributed by atoms with Gasteiger partial charge in [-0.05, 0) is 40.1 Å². The van der Waals surface area contributed by atoms with Crippen molar-refractivity contribution >= 4 is 5.82 Å². The molecule has 0 spiro atoms. The van der Waals surface area contributed by atoms with E-state index in [-0.39, 0.29) is 5.82 Å². The number of anilines is 1. The fraction of sp³-hybridized carbons (Fsp3) is 0.0588. The normalized spacial score (nSPS) is 10.7. The minimum atomic E-state index is 0.148. The summed E-state index contributed by atoms with van der Waals surface area (Å²) >= 11 is 0. The Morgan fingerprint density at radius 1 is 1.00 bits per heavy atom. The molecule has 0 aliphatic rings. The molecule has 25 heavy (non-hydrogen) atoms. The van der Waals surface area contributed by atoms with Gasteiger partial charge >= 0.3 is 0 Å². The minimum Gasteiger partial charge on any atom is -0.489 e. The Kier molecular flexibility index (Phi) is 3.83. The minimum absolute atomic E-state index is 0.148. The summed E-state index contributed by atoms with van der Waals surface area (Å²) in [5, 5.41) is 15.2. The van der Waals surface area contributed by atoms with Crippen molar-refractivity contribution in [1.82, 2.24) is 25.3 Å². The molecule has 124 valence electrons. The molecule has 4 rings (SSSR count). The Hall–Kier alpha value is -3.68. The average Bonchev–Trinajstić information content (AvgIpc) is 3.30. The fourth-order valence-corrected chi connectivity index (χ4v) is 2.39. The third-order valence-corrected chi connectivity index (χ3v) is 3.64. The van der Waals surface area contributed by atoms with Crippen molar-refractivity contribution in [3.05, 3.63) is 66.4 Å². The zero-order valence-corrected chi connectivity index (χ0v) is 13.1. The van der Waals surface area contributed by atoms with E-state index in [0.29, 0.717) is 12.4 Å². The van der Waals surface area contributed by atoms with Crippen LogP contribution in [0.5, 0.6) is 5.75 Å². The van der Waals surface area contributed by atoms with Gasteiger partial charge in [0.25, 0.3) is 0 Å². The predicted octanol–water partition coefficient (Wildman–Crippen LogP) is 2.48. The van der Waals surface area contributed by atoms with Crippen LogP contribution in [-0.4, -0.2) is 25.3 Å². The van der Waals surface area contributed by atoms with Crippen LogP contribution in [0.3, 0.4) is 0 Å². The van der Waals surface area contributed by atoms with Crippen molar-refractivity contribution in [2.75, 3.05) is 5.73 Å². The van der Waals surface area contributed by atoms with E-state index in [1.165, 1.54) is 4.68 Å². The molecule has 0 amide bonds. The molecule has 0 atom stereocenters. The van der Waals surface area contributed by atoms with Crippen LogP contribution in [0.25, 0.3) is 17.1 Å². The molecule has 0 saturated heterocycles. The second-order valence-electron chi connectivity index (χ2n) is 5.30. The van der Waals surface area contributed by atoms with E-state index < -0.39 is 0 Å². The van der Waals surface area contributed by atoms with Crippen molar-refractivity contribution < 1.29 is 9.37 Å². The largest absolute Gasteiger partial charge is 0.489 e. The maximum Gasteiger partial charge on any atom is 0.243 e. The molecule has 4 aromatic rings. The maximum absolute atomic E-state index is 5.79. The number of nitrogens with two attached hydrogens (primary N) is 1. The van der Waals surface area contributed by atoms with E-state index in [2.05, 4.69) is 25.3 Å². The Morgan fingerprint density at radius 3 is 2.52 bits per heavy atom. The van der Waals surface area contributed by atoms with Crippen LogP contribution in [0.15, 0.2) is 65.4 Å². The zero-order valence-electron chi connectivity index (χ0n) is 13.1. The van der Waals surface area contributed by atoms with Gasteiger partial charge in [0.05, 0.1) is 11.9 Å². The van der Waals surface area contributed by atoms with Gasteiger partial charge in [-0.25, -0.2) is 4.63 Å². The number of hydrogen-bond donors (Lipinski definition) is 1. The Labute approximate surface area is 142 Å². The standard InChI is InChI=1S/C17H14N6O2/c18-16-17(21-25-20-16)23-15(10-19-22-23)13-6-8-14(9-7-13)24-11-12-4-2-1-3-5-12/h1-10H,11H2,(H2,18,20). The number of ether oxygens (including phenoxy) is 1. The lowest BCUT2D eigenvalue weighted by molar-refractivity contribution is 0.306. The lowest BCUT2D eigenvalue weighted by Crippen LogP contribution is -2.03. The number of aromatic nitrogens is 5. The van der Waals surface area contributed by atoms with Crippen molar-refractivity contribution in [3.8, 4) is 22.8 Å². The molecule has 0 aliphatic heterocycles. The second-order valence-corrected chi connectivity index (χ2v) is 5.30. The molecule has 2 N–H and O–H groups in total. The summed E-state index contributed by atoms with van der Waals surface area (Å²) in [4.78, 5) is 0. The smallest absolute Gasteiger partial charge is 0.243 e. The van der Waals surface area contributed by atoms with Crippen LogP contribution < -0.4 is 10.5 Å². The first-order valence-corrected chi connectivity index (χ1v) is 7.57. The van der Waals surface area contributed by atoms with E-state index in [9.17, 15) is 0 Å². The van der Waals surface area contributed by atoms with Gasteiger partial charge < -0.3 is 10.5 Å². The summed E-state index contributed by atoms with van der Waals surface area (Å²) < 4.78 is 11.9. The molecule has 0 fully saturated rings. The molecule has 2 aromatic carbocycles. The van der Waals surface area contributed by atoms with Crippen molar-refractivity contribution in [2.24, 2.45) is 0 Å². The molecule has 2 aromatic heterocycles. The molecule has 0 radical (unpaired) electrons. The first-order valence-electron chi connectivity index (χ1n) is 7.57. The lowest BCUT2D eigenvalue weighted by atomic mass is 10.1. The number of benzene rings is 2. The Balaban J connectivity index is 1.53. The van der Waals surface area contributed by atoms with Gasteiger partial charge in [-0.2, -0.15) is 4.68 Å². The zero-order chi connectivity index (χ0) is 17.1. The van der Waals surface area contributed by atoms with Gasteiger partial charge in [0.1, 0.15) is 12.4 Å². The highest BCUT2D eigenvalue weighted by atomic mass is 16.6. The highest BCUT2D eigenvalue weighted by Crippen LogP contribution is 2.25. The fourth-order valence-electron chi connectivity index (χ4n) is 2.39. The summed E-state index contributed by atoms with van der Waals surface area (Å²) in [6, 6.07) is 17.6. The molecular weight excluding hydrogens is 320 g/mol. The number of rotatable bonds is 5. The van der Waals surface area contributed by atoms with Crippen molar-refractivity contribution in [1.29, 1.82) is 0 Å². The predicted molar refractivity (Wildman–Crippen MR) is 89.8 cm³/mol. The van der Waals surface area contributed by atoms with E-state index in [1.807, 2.05) is 54.6 Å². The third kappa shape index (κ3) is 3.05. The third-order valence-electron chi connectivity index (χ3n) is 3.64. The molecule has 0 saturated carbocycles. The number of nitrogen functional groups attached to an aromatic ring is 1. The summed E-state index contributed by atoms with van der Waals surface area (Å²) in [5.74, 6) is 1.22. The molecule has 8 nitrogen and oxygen atoms in total. The second kappa shape index (κ2) is 6.44. The molecule has 0 bridgehead atoms. The SMILES string of the molecule is Nc1nonc1-n1nncc1-c1ccc(OCc2ccccc2)cc1. The van der Waals surface area contributed by atoms with Crippen molar-refractivity contribution in [3.63, 3.8) is 0 Å². The maximum atomic E-state index is 5.79. The van der Waals surface area contributed by atoms with E-state index in [4.69, 9.17) is 10.5 Å². The first-order chi connectivity index (χ1) is 12.3. The summed E-state index contributed by atoms with van der Waals surface area (Å²) in [7, 11) is 0. The number of hydrogen-bond acceptors (Lipinski definition) is 7. The molecule has 0 unspecified atom stereocenters. The van der Waals surface area contributed by atoms with Gasteiger partial charge in [0.15, 0.2) is 0 Å². The van der Waals surface area contributed by atoms with Gasteiger partial charge in [0, 0.05) is 5.56 Å². The van der Waals surface area contributed by atoms with Gasteiger partial charge in [-0.15, -0.1) is 5.10 Å². The molecular formula is C17H14N6O2. The molecule has 2 heterocycles. The quantitative estimate of drug-likeness (QED) is 0.597. The summed E-state index contributed by atoms with van der Waals surface area (Å²) in [5.41, 5.74) is 8.44. The summed E-state index contributed by atoms with van der Waals surface area (Å²) in [6.07, 6.45) is 1.62. The van der Waals surface area contributed by atoms with Crippen molar-refractivity contribution in [2.45, 2.75) is 6.61 Å². The van der Waals surface area contributed by atoms with Crippen LogP contribution in [0.4, 0.5) is 5.82 Å². The van der Waals surface area contributed by atoms with Gasteiger partial charge in [-0.3, -0.25) is 0 Å². The highest BCUT2D eigenvalue weighted by Gasteiger charge is 2.15. The van der Waals surface area contributed by atoms with Crippen LogP contribution in [0.1, 0.15) is 5.56 Å². The van der Waals surface area contributed by atoms with Crippen LogP contribution in [-0.2, 0) is 6.61 Å². The van der Waals surface area contributed by atoms with Crippen LogP contribution >= 0.6 is 0 Å². The molecule has 8 heteroatoms. The van der Waals surface area contributed by atoms with E-state index in [0.717, 1.165) is 22.6 Å². The van der Waals surface area contributed by atoms with Gasteiger partial charge in [-0.1, -0.05) is 35.5 Å². The highest BCUT2D eigenvalue weighted by molar-refractivity contribution is 5.62. The lowest BCUT2D eigenvalue weighted by Gasteiger charge is -2.07. The van der Waals surface area contributed by atoms with E-state index in [1.54, 1.807) is 6.20 Å². The Bertz CT molecular complexity index is 962. The Morgan fingerprint density at radius 2 is 1.80 bits per heavy atom. The monoisotopic (exact) mass is 334 g/mol. The average molecular weight is 334 g/mol. The van der Waals surface area contributed by atoms with Gasteiger partial charge in [0.2, 0.25) is 11.6 Å².